The Morgan fingerprint density at radius 1 is 1.00 bits per heavy atom. The Balaban J connectivity index is 1.74. The van der Waals surface area contributed by atoms with Crippen molar-refractivity contribution in [3.05, 3.63) is 101 Å². The van der Waals surface area contributed by atoms with Gasteiger partial charge in [-0.2, -0.15) is 0 Å². The Kier molecular flexibility index (Phi) is 6.57. The second-order valence-corrected chi connectivity index (χ2v) is 9.27. The number of aromatic amines is 1. The molecule has 4 aromatic rings. The van der Waals surface area contributed by atoms with Crippen LogP contribution in [0.1, 0.15) is 48.7 Å². The van der Waals surface area contributed by atoms with E-state index in [9.17, 15) is 14.7 Å². The summed E-state index contributed by atoms with van der Waals surface area (Å²) in [7, 11) is 0. The van der Waals surface area contributed by atoms with Crippen molar-refractivity contribution in [3.63, 3.8) is 0 Å². The molecular formula is C31H30N2O4. The Morgan fingerprint density at radius 2 is 1.76 bits per heavy atom. The Morgan fingerprint density at radius 3 is 2.49 bits per heavy atom. The van der Waals surface area contributed by atoms with Crippen molar-refractivity contribution in [2.75, 3.05) is 11.5 Å². The number of nitrogens with zero attached hydrogens (tertiary/aromatic N) is 1. The number of rotatable bonds is 7. The molecule has 6 heteroatoms. The summed E-state index contributed by atoms with van der Waals surface area (Å²) in [4.78, 5) is 32.0. The average molecular weight is 495 g/mol. The molecule has 0 saturated carbocycles. The molecule has 0 aliphatic carbocycles. The number of anilines is 1. The van der Waals surface area contributed by atoms with Gasteiger partial charge in [0.1, 0.15) is 11.5 Å². The molecule has 2 N–H and O–H groups in total. The molecule has 0 spiro atoms. The van der Waals surface area contributed by atoms with Gasteiger partial charge >= 0.3 is 0 Å². The summed E-state index contributed by atoms with van der Waals surface area (Å²) in [6.07, 6.45) is 1.71. The van der Waals surface area contributed by atoms with Gasteiger partial charge in [0.15, 0.2) is 0 Å². The van der Waals surface area contributed by atoms with Gasteiger partial charge in [-0.25, -0.2) is 0 Å². The van der Waals surface area contributed by atoms with Crippen LogP contribution in [0.25, 0.3) is 16.7 Å². The highest BCUT2D eigenvalue weighted by Gasteiger charge is 2.48. The molecule has 6 nitrogen and oxygen atoms in total. The van der Waals surface area contributed by atoms with Crippen LogP contribution < -0.4 is 9.64 Å². The van der Waals surface area contributed by atoms with Crippen molar-refractivity contribution >= 4 is 34.0 Å². The molecule has 1 aliphatic rings. The van der Waals surface area contributed by atoms with Crippen LogP contribution in [0.5, 0.6) is 5.75 Å². The fourth-order valence-electron chi connectivity index (χ4n) is 5.02. The minimum Gasteiger partial charge on any atom is -0.507 e. The molecule has 3 aromatic carbocycles. The largest absolute Gasteiger partial charge is 0.507 e. The highest BCUT2D eigenvalue weighted by Crippen LogP contribution is 2.45. The molecule has 1 amide bonds. The van der Waals surface area contributed by atoms with E-state index in [0.29, 0.717) is 23.6 Å². The lowest BCUT2D eigenvalue weighted by atomic mass is 9.93. The number of aliphatic hydroxyl groups excluding tert-OH is 1. The fraction of sp³-hybridized carbons (Fsp3) is 0.226. The third-order valence-electron chi connectivity index (χ3n) is 6.86. The number of hydrogen-bond acceptors (Lipinski definition) is 4. The highest BCUT2D eigenvalue weighted by molar-refractivity contribution is 6.52. The van der Waals surface area contributed by atoms with Gasteiger partial charge in [-0.05, 0) is 55.7 Å². The van der Waals surface area contributed by atoms with E-state index in [2.05, 4.69) is 11.9 Å². The van der Waals surface area contributed by atoms with Crippen LogP contribution in [0.3, 0.4) is 0 Å². The molecule has 1 atom stereocenters. The summed E-state index contributed by atoms with van der Waals surface area (Å²) in [5.41, 5.74) is 4.73. The number of fused-ring (bicyclic) bond motifs is 1. The first-order chi connectivity index (χ1) is 17.9. The summed E-state index contributed by atoms with van der Waals surface area (Å²) >= 11 is 0. The van der Waals surface area contributed by atoms with Gasteiger partial charge in [0.2, 0.25) is 0 Å². The fourth-order valence-corrected chi connectivity index (χ4v) is 5.02. The number of hydrogen-bond donors (Lipinski definition) is 2. The van der Waals surface area contributed by atoms with Crippen molar-refractivity contribution in [3.8, 4) is 5.75 Å². The summed E-state index contributed by atoms with van der Waals surface area (Å²) in [6.45, 7) is 6.54. The number of aliphatic hydroxyl groups is 1. The number of carbonyl (C=O) groups is 2. The molecule has 1 unspecified atom stereocenters. The third kappa shape index (κ3) is 4.29. The summed E-state index contributed by atoms with van der Waals surface area (Å²) in [5, 5.41) is 12.4. The minimum absolute atomic E-state index is 0.0602. The van der Waals surface area contributed by atoms with Gasteiger partial charge in [-0.15, -0.1) is 0 Å². The van der Waals surface area contributed by atoms with Crippen LogP contribution in [0.15, 0.2) is 78.4 Å². The monoisotopic (exact) mass is 494 g/mol. The second kappa shape index (κ2) is 9.97. The smallest absolute Gasteiger partial charge is 0.300 e. The molecule has 1 fully saturated rings. The standard InChI is InChI=1S/C31H30N2O4/c1-4-17-37-23-10-8-9-21(18-23)29(34)27-28(26-19(3)32-25-12-7-6-11-24(25)26)33(31(36)30(27)35)22-15-13-20(5-2)14-16-22/h6-16,18,28,32,34H,4-5,17H2,1-3H3/b29-27+. The number of ether oxygens (including phenoxy) is 1. The van der Waals surface area contributed by atoms with Crippen molar-refractivity contribution in [1.29, 1.82) is 0 Å². The molecule has 2 heterocycles. The van der Waals surface area contributed by atoms with Gasteiger partial charge in [-0.3, -0.25) is 14.5 Å². The van der Waals surface area contributed by atoms with Crippen LogP contribution in [0.2, 0.25) is 0 Å². The molecule has 1 aromatic heterocycles. The number of benzene rings is 3. The summed E-state index contributed by atoms with van der Waals surface area (Å²) < 4.78 is 5.74. The number of Topliss-reactive ketones (excluding diaryl/α,β-unsaturated/α-hetero) is 1. The van der Waals surface area contributed by atoms with Crippen molar-refractivity contribution < 1.29 is 19.4 Å². The van der Waals surface area contributed by atoms with Gasteiger partial charge in [-0.1, -0.05) is 56.3 Å². The molecule has 1 aliphatic heterocycles. The molecule has 37 heavy (non-hydrogen) atoms. The van der Waals surface area contributed by atoms with Crippen LogP contribution in [0, 0.1) is 6.92 Å². The van der Waals surface area contributed by atoms with Crippen LogP contribution in [0.4, 0.5) is 5.69 Å². The normalized spacial score (nSPS) is 17.1. The lowest BCUT2D eigenvalue weighted by Crippen LogP contribution is -2.29. The first-order valence-corrected chi connectivity index (χ1v) is 12.6. The maximum atomic E-state index is 13.6. The van der Waals surface area contributed by atoms with E-state index in [-0.39, 0.29) is 11.3 Å². The Labute approximate surface area is 216 Å². The molecule has 0 bridgehead atoms. The van der Waals surface area contributed by atoms with E-state index in [1.807, 2.05) is 68.4 Å². The molecule has 0 radical (unpaired) electrons. The number of para-hydroxylation sites is 1. The summed E-state index contributed by atoms with van der Waals surface area (Å²) in [5.74, 6) is -1.01. The van der Waals surface area contributed by atoms with Gasteiger partial charge < -0.3 is 14.8 Å². The zero-order valence-electron chi connectivity index (χ0n) is 21.2. The van der Waals surface area contributed by atoms with E-state index in [1.54, 1.807) is 18.2 Å². The number of aryl methyl sites for hydroxylation is 2. The third-order valence-corrected chi connectivity index (χ3v) is 6.86. The number of amides is 1. The van der Waals surface area contributed by atoms with Gasteiger partial charge in [0.25, 0.3) is 11.7 Å². The predicted octanol–water partition coefficient (Wildman–Crippen LogP) is 6.45. The molecule has 5 rings (SSSR count). The molecule has 1 saturated heterocycles. The lowest BCUT2D eigenvalue weighted by molar-refractivity contribution is -0.132. The number of carbonyl (C=O) groups excluding carboxylic acids is 2. The first kappa shape index (κ1) is 24.4. The van der Waals surface area contributed by atoms with Crippen LogP contribution in [-0.2, 0) is 16.0 Å². The maximum absolute atomic E-state index is 13.6. The highest BCUT2D eigenvalue weighted by atomic mass is 16.5. The number of aromatic nitrogens is 1. The van der Waals surface area contributed by atoms with E-state index in [0.717, 1.165) is 40.6 Å². The zero-order chi connectivity index (χ0) is 26.1. The van der Waals surface area contributed by atoms with E-state index in [1.165, 1.54) is 4.90 Å². The van der Waals surface area contributed by atoms with Gasteiger partial charge in [0, 0.05) is 33.4 Å². The predicted molar refractivity (Wildman–Crippen MR) is 146 cm³/mol. The van der Waals surface area contributed by atoms with E-state index >= 15 is 0 Å². The first-order valence-electron chi connectivity index (χ1n) is 12.6. The zero-order valence-corrected chi connectivity index (χ0v) is 21.2. The number of nitrogens with one attached hydrogen (secondary N) is 1. The Hall–Kier alpha value is -4.32. The van der Waals surface area contributed by atoms with E-state index in [4.69, 9.17) is 4.74 Å². The molecule has 188 valence electrons. The lowest BCUT2D eigenvalue weighted by Gasteiger charge is -2.26. The quantitative estimate of drug-likeness (QED) is 0.176. The minimum atomic E-state index is -0.802. The Bertz CT molecular complexity index is 1510. The summed E-state index contributed by atoms with van der Waals surface area (Å²) in [6, 6.07) is 21.6. The van der Waals surface area contributed by atoms with Crippen LogP contribution in [-0.4, -0.2) is 28.4 Å². The van der Waals surface area contributed by atoms with Crippen molar-refractivity contribution in [2.45, 2.75) is 39.7 Å². The maximum Gasteiger partial charge on any atom is 0.300 e. The van der Waals surface area contributed by atoms with Gasteiger partial charge in [0.05, 0.1) is 18.2 Å². The topological polar surface area (TPSA) is 82.6 Å². The molecular weight excluding hydrogens is 464 g/mol. The van der Waals surface area contributed by atoms with Crippen molar-refractivity contribution in [2.24, 2.45) is 0 Å². The van der Waals surface area contributed by atoms with Crippen molar-refractivity contribution in [1.82, 2.24) is 4.98 Å². The number of H-pyrrole nitrogens is 1. The SMILES string of the molecule is CCCOc1cccc(/C(O)=C2\C(=O)C(=O)N(c3ccc(CC)cc3)C2c2c(C)[nH]c3ccccc23)c1. The number of ketones is 1. The average Bonchev–Trinajstić information content (AvgIpc) is 3.39. The second-order valence-electron chi connectivity index (χ2n) is 9.27. The van der Waals surface area contributed by atoms with E-state index < -0.39 is 17.7 Å². The van der Waals surface area contributed by atoms with Crippen LogP contribution >= 0.6 is 0 Å².